The highest BCUT2D eigenvalue weighted by molar-refractivity contribution is 7.07. The number of allylic oxidation sites excluding steroid dienone is 1. The molecule has 0 spiro atoms. The predicted molar refractivity (Wildman–Crippen MR) is 148 cm³/mol. The van der Waals surface area contributed by atoms with Gasteiger partial charge in [-0.1, -0.05) is 41.1 Å². The molecule has 0 bridgehead atoms. The molecule has 1 N–H and O–H groups in total. The molecule has 0 saturated carbocycles. The zero-order valence-electron chi connectivity index (χ0n) is 21.2. The number of esters is 1. The molecule has 0 unspecified atom stereocenters. The Morgan fingerprint density at radius 2 is 1.90 bits per heavy atom. The molecule has 39 heavy (non-hydrogen) atoms. The molecule has 0 radical (unpaired) electrons. The van der Waals surface area contributed by atoms with Gasteiger partial charge in [0.25, 0.3) is 5.56 Å². The van der Waals surface area contributed by atoms with Crippen LogP contribution in [0.25, 0.3) is 17.4 Å². The molecule has 8 nitrogen and oxygen atoms in total. The molecule has 0 aliphatic carbocycles. The van der Waals surface area contributed by atoms with Crippen LogP contribution in [-0.2, 0) is 9.53 Å². The summed E-state index contributed by atoms with van der Waals surface area (Å²) in [6.07, 6.45) is 1.64. The fourth-order valence-corrected chi connectivity index (χ4v) is 5.68. The molecule has 0 fully saturated rings. The minimum absolute atomic E-state index is 0.187. The van der Waals surface area contributed by atoms with E-state index in [0.29, 0.717) is 42.7 Å². The Hall–Kier alpha value is -4.21. The van der Waals surface area contributed by atoms with E-state index in [9.17, 15) is 19.5 Å². The second kappa shape index (κ2) is 10.5. The lowest BCUT2D eigenvalue weighted by molar-refractivity contribution is -0.139. The van der Waals surface area contributed by atoms with Crippen molar-refractivity contribution in [1.82, 2.24) is 4.57 Å². The Bertz CT molecular complexity index is 1830. The number of aromatic carboxylic acids is 1. The van der Waals surface area contributed by atoms with E-state index in [4.69, 9.17) is 20.8 Å². The van der Waals surface area contributed by atoms with Crippen LogP contribution in [0.4, 0.5) is 0 Å². The minimum atomic E-state index is -1.00. The van der Waals surface area contributed by atoms with E-state index in [1.165, 1.54) is 22.0 Å². The lowest BCUT2D eigenvalue weighted by atomic mass is 9.96. The molecule has 0 amide bonds. The van der Waals surface area contributed by atoms with Gasteiger partial charge >= 0.3 is 11.9 Å². The van der Waals surface area contributed by atoms with E-state index < -0.39 is 18.0 Å². The van der Waals surface area contributed by atoms with Gasteiger partial charge in [-0.25, -0.2) is 14.6 Å². The fraction of sp³-hybridized carbons (Fsp3) is 0.172. The zero-order chi connectivity index (χ0) is 27.8. The van der Waals surface area contributed by atoms with Crippen LogP contribution in [0.15, 0.2) is 80.1 Å². The Kier molecular flexibility index (Phi) is 7.12. The number of carbonyl (C=O) groups is 2. The average molecular weight is 563 g/mol. The maximum Gasteiger partial charge on any atom is 0.338 e. The van der Waals surface area contributed by atoms with Crippen molar-refractivity contribution < 1.29 is 23.8 Å². The first-order valence-electron chi connectivity index (χ1n) is 12.1. The zero-order valence-corrected chi connectivity index (χ0v) is 22.8. The summed E-state index contributed by atoms with van der Waals surface area (Å²) >= 11 is 7.29. The number of carbonyl (C=O) groups excluding carboxylic acids is 1. The number of carboxylic acids is 1. The summed E-state index contributed by atoms with van der Waals surface area (Å²) in [5, 5.41) is 9.76. The van der Waals surface area contributed by atoms with Gasteiger partial charge in [-0.2, -0.15) is 0 Å². The van der Waals surface area contributed by atoms with Crippen molar-refractivity contribution in [2.24, 2.45) is 4.99 Å². The van der Waals surface area contributed by atoms with Crippen molar-refractivity contribution in [1.29, 1.82) is 0 Å². The highest BCUT2D eigenvalue weighted by Gasteiger charge is 2.33. The molecular formula is C29H23ClN2O6S. The third-order valence-electron chi connectivity index (χ3n) is 6.34. The van der Waals surface area contributed by atoms with E-state index in [0.717, 1.165) is 11.1 Å². The topological polar surface area (TPSA) is 111 Å². The number of rotatable bonds is 6. The second-order valence-electron chi connectivity index (χ2n) is 8.89. The van der Waals surface area contributed by atoms with Crippen molar-refractivity contribution in [3.63, 3.8) is 0 Å². The molecule has 1 aliphatic rings. The number of hydrogen-bond acceptors (Lipinski definition) is 7. The fourth-order valence-electron chi connectivity index (χ4n) is 4.53. The van der Waals surface area contributed by atoms with Crippen LogP contribution in [0.1, 0.15) is 47.1 Å². The number of aryl methyl sites for hydroxylation is 1. The number of ether oxygens (including phenoxy) is 1. The Labute approximate surface area is 231 Å². The third kappa shape index (κ3) is 4.98. The number of carboxylic acid groups (broad SMARTS) is 1. The van der Waals surface area contributed by atoms with E-state index >= 15 is 0 Å². The number of aromatic nitrogens is 1. The summed E-state index contributed by atoms with van der Waals surface area (Å²) in [5.74, 6) is -0.546. The van der Waals surface area contributed by atoms with E-state index in [1.54, 1.807) is 68.5 Å². The number of thiazole rings is 1. The average Bonchev–Trinajstić information content (AvgIpc) is 3.48. The summed E-state index contributed by atoms with van der Waals surface area (Å²) in [7, 11) is 0. The van der Waals surface area contributed by atoms with Crippen LogP contribution in [0, 0.1) is 6.92 Å². The van der Waals surface area contributed by atoms with Gasteiger partial charge in [0.1, 0.15) is 11.5 Å². The van der Waals surface area contributed by atoms with Crippen LogP contribution in [0.2, 0.25) is 5.02 Å². The van der Waals surface area contributed by atoms with Crippen molar-refractivity contribution in [2.45, 2.75) is 26.8 Å². The molecule has 4 aromatic rings. The summed E-state index contributed by atoms with van der Waals surface area (Å²) in [6, 6.07) is 14.5. The SMILES string of the molecule is CCOC(=O)C1=C(C)N=c2s/c(=C\c3ccc(-c4ccc(C(=O)O)cc4C)o3)c(=O)n2[C@@H]1c1ccc(Cl)cc1. The van der Waals surface area contributed by atoms with E-state index in [1.807, 2.05) is 6.92 Å². The summed E-state index contributed by atoms with van der Waals surface area (Å²) < 4.78 is 13.2. The largest absolute Gasteiger partial charge is 0.478 e. The molecular weight excluding hydrogens is 540 g/mol. The minimum Gasteiger partial charge on any atom is -0.478 e. The van der Waals surface area contributed by atoms with Gasteiger partial charge in [0.05, 0.1) is 34.0 Å². The van der Waals surface area contributed by atoms with Gasteiger partial charge in [-0.3, -0.25) is 9.36 Å². The van der Waals surface area contributed by atoms with Gasteiger partial charge in [0.15, 0.2) is 4.80 Å². The summed E-state index contributed by atoms with van der Waals surface area (Å²) in [5.41, 5.74) is 2.83. The lowest BCUT2D eigenvalue weighted by Crippen LogP contribution is -2.39. The van der Waals surface area contributed by atoms with Gasteiger partial charge in [-0.05, 0) is 68.3 Å². The molecule has 0 saturated heterocycles. The number of benzene rings is 2. The number of nitrogens with zero attached hydrogens (tertiary/aromatic N) is 2. The van der Waals surface area contributed by atoms with Crippen molar-refractivity contribution in [3.05, 3.63) is 113 Å². The molecule has 10 heteroatoms. The van der Waals surface area contributed by atoms with Crippen LogP contribution in [0.3, 0.4) is 0 Å². The predicted octanol–water partition coefficient (Wildman–Crippen LogP) is 4.72. The van der Waals surface area contributed by atoms with Crippen LogP contribution >= 0.6 is 22.9 Å². The van der Waals surface area contributed by atoms with E-state index in [2.05, 4.69) is 4.99 Å². The molecule has 3 heterocycles. The first-order chi connectivity index (χ1) is 18.7. The summed E-state index contributed by atoms with van der Waals surface area (Å²) in [6.45, 7) is 5.44. The maximum atomic E-state index is 13.7. The molecule has 5 rings (SSSR count). The van der Waals surface area contributed by atoms with Crippen molar-refractivity contribution in [3.8, 4) is 11.3 Å². The van der Waals surface area contributed by atoms with Gasteiger partial charge in [0.2, 0.25) is 0 Å². The third-order valence-corrected chi connectivity index (χ3v) is 7.58. The number of furan rings is 1. The van der Waals surface area contributed by atoms with Crippen molar-refractivity contribution >= 4 is 41.0 Å². The first kappa shape index (κ1) is 26.4. The monoisotopic (exact) mass is 562 g/mol. The number of fused-ring (bicyclic) bond motifs is 1. The van der Waals surface area contributed by atoms with Crippen LogP contribution in [0.5, 0.6) is 0 Å². The van der Waals surface area contributed by atoms with Crippen LogP contribution < -0.4 is 14.9 Å². The highest BCUT2D eigenvalue weighted by Crippen LogP contribution is 2.31. The lowest BCUT2D eigenvalue weighted by Gasteiger charge is -2.24. The second-order valence-corrected chi connectivity index (χ2v) is 10.3. The Morgan fingerprint density at radius 3 is 2.56 bits per heavy atom. The normalized spacial score (nSPS) is 15.2. The molecule has 2 aromatic heterocycles. The van der Waals surface area contributed by atoms with E-state index in [-0.39, 0.29) is 17.7 Å². The molecule has 2 aromatic carbocycles. The number of halogens is 1. The Balaban J connectivity index is 1.60. The molecule has 1 atom stereocenters. The Morgan fingerprint density at radius 1 is 1.15 bits per heavy atom. The molecule has 1 aliphatic heterocycles. The van der Waals surface area contributed by atoms with Crippen LogP contribution in [-0.4, -0.2) is 28.2 Å². The first-order valence-corrected chi connectivity index (χ1v) is 13.3. The molecule has 198 valence electrons. The van der Waals surface area contributed by atoms with Gasteiger partial charge < -0.3 is 14.3 Å². The maximum absolute atomic E-state index is 13.7. The van der Waals surface area contributed by atoms with Gasteiger partial charge in [-0.15, -0.1) is 0 Å². The standard InChI is InChI=1S/C29H23ClN2O6S/c1-4-37-28(36)24-16(3)31-29-32(25(24)17-5-8-19(30)9-6-17)26(33)23(39-29)14-20-10-12-22(38-20)21-11-7-18(27(34)35)13-15(21)2/h5-14,25H,4H2,1-3H3,(H,34,35)/b23-14-/t25-/m1/s1. The van der Waals surface area contributed by atoms with Gasteiger partial charge in [0, 0.05) is 16.7 Å². The van der Waals surface area contributed by atoms with Crippen molar-refractivity contribution in [2.75, 3.05) is 6.61 Å². The smallest absolute Gasteiger partial charge is 0.338 e. The number of hydrogen-bond donors (Lipinski definition) is 1. The quantitative estimate of drug-likeness (QED) is 0.340. The summed E-state index contributed by atoms with van der Waals surface area (Å²) in [4.78, 5) is 43.0. The highest BCUT2D eigenvalue weighted by atomic mass is 35.5.